The van der Waals surface area contributed by atoms with Gasteiger partial charge in [0, 0.05) is 27.0 Å². The van der Waals surface area contributed by atoms with Crippen LogP contribution in [0.5, 0.6) is 5.75 Å². The first-order chi connectivity index (χ1) is 15.9. The van der Waals surface area contributed by atoms with Crippen LogP contribution in [0.4, 0.5) is 5.69 Å². The number of nitrogens with zero attached hydrogens (tertiary/aromatic N) is 3. The van der Waals surface area contributed by atoms with Crippen LogP contribution >= 0.6 is 46.6 Å². The number of hydrogen-bond donors (Lipinski definition) is 1. The normalized spacial score (nSPS) is 10.8. The Morgan fingerprint density at radius 3 is 2.48 bits per heavy atom. The first kappa shape index (κ1) is 23.4. The van der Waals surface area contributed by atoms with Crippen molar-refractivity contribution in [2.24, 2.45) is 0 Å². The zero-order valence-corrected chi connectivity index (χ0v) is 20.3. The van der Waals surface area contributed by atoms with E-state index in [1.165, 1.54) is 18.9 Å². The summed E-state index contributed by atoms with van der Waals surface area (Å²) in [5, 5.41) is 13.7. The van der Waals surface area contributed by atoms with Gasteiger partial charge in [-0.05, 0) is 54.6 Å². The number of rotatable bonds is 7. The van der Waals surface area contributed by atoms with Crippen molar-refractivity contribution in [3.8, 4) is 22.8 Å². The van der Waals surface area contributed by atoms with Crippen molar-refractivity contribution < 1.29 is 9.53 Å². The third-order valence-electron chi connectivity index (χ3n) is 4.57. The minimum Gasteiger partial charge on any atom is -0.495 e. The van der Waals surface area contributed by atoms with Crippen LogP contribution in [0.3, 0.4) is 0 Å². The number of hydrogen-bond acceptors (Lipinski definition) is 5. The molecule has 0 bridgehead atoms. The van der Waals surface area contributed by atoms with Crippen LogP contribution in [0.2, 0.25) is 15.1 Å². The second kappa shape index (κ2) is 10.5. The molecular formula is C23H17Cl3N4O2S. The fourth-order valence-corrected chi connectivity index (χ4v) is 4.40. The van der Waals surface area contributed by atoms with Crippen LogP contribution in [0.15, 0.2) is 71.9 Å². The monoisotopic (exact) mass is 518 g/mol. The predicted molar refractivity (Wildman–Crippen MR) is 134 cm³/mol. The molecule has 4 aromatic rings. The minimum absolute atomic E-state index is 0.116. The van der Waals surface area contributed by atoms with Crippen molar-refractivity contribution in [1.82, 2.24) is 14.8 Å². The molecule has 0 aliphatic carbocycles. The fraction of sp³-hybridized carbons (Fsp3) is 0.0870. The summed E-state index contributed by atoms with van der Waals surface area (Å²) < 4.78 is 7.00. The molecule has 1 N–H and O–H groups in total. The van der Waals surface area contributed by atoms with E-state index in [0.29, 0.717) is 37.5 Å². The van der Waals surface area contributed by atoms with E-state index < -0.39 is 0 Å². The van der Waals surface area contributed by atoms with Gasteiger partial charge in [0.05, 0.1) is 17.9 Å². The maximum Gasteiger partial charge on any atom is 0.234 e. The van der Waals surface area contributed by atoms with Crippen molar-refractivity contribution in [2.45, 2.75) is 5.16 Å². The number of nitrogens with one attached hydrogen (secondary N) is 1. The lowest BCUT2D eigenvalue weighted by atomic mass is 10.2. The standard InChI is InChI=1S/C23H17Cl3N4O2S/c1-32-20-10-7-17(12-19(20)26)27-21(31)13-33-23-29-28-22(14-3-2-4-16(25)11-14)30(23)18-8-5-15(24)6-9-18/h2-12H,13H2,1H3,(H,27,31). The molecule has 3 aromatic carbocycles. The molecule has 1 amide bonds. The largest absolute Gasteiger partial charge is 0.495 e. The van der Waals surface area contributed by atoms with E-state index in [2.05, 4.69) is 15.5 Å². The number of amides is 1. The summed E-state index contributed by atoms with van der Waals surface area (Å²) >= 11 is 19.6. The second-order valence-electron chi connectivity index (χ2n) is 6.81. The number of anilines is 1. The third-order valence-corrected chi connectivity index (χ3v) is 6.28. The van der Waals surface area contributed by atoms with E-state index >= 15 is 0 Å². The molecule has 10 heteroatoms. The van der Waals surface area contributed by atoms with Crippen LogP contribution in [0.1, 0.15) is 0 Å². The average Bonchev–Trinajstić information content (AvgIpc) is 3.22. The molecule has 0 spiro atoms. The molecule has 6 nitrogen and oxygen atoms in total. The number of benzene rings is 3. The topological polar surface area (TPSA) is 69.0 Å². The van der Waals surface area contributed by atoms with Gasteiger partial charge in [-0.3, -0.25) is 9.36 Å². The number of ether oxygens (including phenoxy) is 1. The molecule has 0 saturated carbocycles. The fourth-order valence-electron chi connectivity index (χ4n) is 3.07. The number of methoxy groups -OCH3 is 1. The third kappa shape index (κ3) is 5.62. The molecule has 0 saturated heterocycles. The molecule has 0 aliphatic heterocycles. The van der Waals surface area contributed by atoms with Gasteiger partial charge in [-0.25, -0.2) is 0 Å². The van der Waals surface area contributed by atoms with Crippen molar-refractivity contribution >= 4 is 58.2 Å². The lowest BCUT2D eigenvalue weighted by Crippen LogP contribution is -2.14. The van der Waals surface area contributed by atoms with Gasteiger partial charge in [-0.1, -0.05) is 58.7 Å². The Hall–Kier alpha value is -2.71. The van der Waals surface area contributed by atoms with E-state index in [-0.39, 0.29) is 11.7 Å². The van der Waals surface area contributed by atoms with E-state index in [0.717, 1.165) is 11.3 Å². The Bertz CT molecular complexity index is 1300. The minimum atomic E-state index is -0.212. The smallest absolute Gasteiger partial charge is 0.234 e. The molecule has 0 aliphatic rings. The first-order valence-electron chi connectivity index (χ1n) is 9.68. The van der Waals surface area contributed by atoms with Gasteiger partial charge in [0.25, 0.3) is 0 Å². The molecule has 4 rings (SSSR count). The van der Waals surface area contributed by atoms with Crippen molar-refractivity contribution in [3.63, 3.8) is 0 Å². The Kier molecular flexibility index (Phi) is 7.45. The van der Waals surface area contributed by atoms with E-state index in [1.54, 1.807) is 36.4 Å². The summed E-state index contributed by atoms with van der Waals surface area (Å²) in [4.78, 5) is 12.6. The lowest BCUT2D eigenvalue weighted by molar-refractivity contribution is -0.113. The van der Waals surface area contributed by atoms with Crippen molar-refractivity contribution in [2.75, 3.05) is 18.2 Å². The van der Waals surface area contributed by atoms with E-state index in [9.17, 15) is 4.79 Å². The Labute approximate surface area is 209 Å². The van der Waals surface area contributed by atoms with E-state index in [1.807, 2.05) is 34.9 Å². The van der Waals surface area contributed by atoms with Crippen LogP contribution < -0.4 is 10.1 Å². The number of carbonyl (C=O) groups is 1. The van der Waals surface area contributed by atoms with Gasteiger partial charge in [-0.2, -0.15) is 0 Å². The number of carbonyl (C=O) groups excluding carboxylic acids is 1. The highest BCUT2D eigenvalue weighted by Gasteiger charge is 2.18. The zero-order chi connectivity index (χ0) is 23.4. The summed E-state index contributed by atoms with van der Waals surface area (Å²) in [5.74, 6) is 1.04. The van der Waals surface area contributed by atoms with Gasteiger partial charge < -0.3 is 10.1 Å². The molecule has 0 radical (unpaired) electrons. The highest BCUT2D eigenvalue weighted by atomic mass is 35.5. The van der Waals surface area contributed by atoms with Gasteiger partial charge in [0.1, 0.15) is 5.75 Å². The maximum atomic E-state index is 12.6. The SMILES string of the molecule is COc1ccc(NC(=O)CSc2nnc(-c3cccc(Cl)c3)n2-c2ccc(Cl)cc2)cc1Cl. The highest BCUT2D eigenvalue weighted by Crippen LogP contribution is 2.30. The van der Waals surface area contributed by atoms with Gasteiger partial charge in [0.15, 0.2) is 11.0 Å². The average molecular weight is 520 g/mol. The Morgan fingerprint density at radius 1 is 1.00 bits per heavy atom. The zero-order valence-electron chi connectivity index (χ0n) is 17.3. The molecule has 168 valence electrons. The molecule has 0 atom stereocenters. The molecule has 33 heavy (non-hydrogen) atoms. The summed E-state index contributed by atoms with van der Waals surface area (Å²) in [6.07, 6.45) is 0. The van der Waals surface area contributed by atoms with Gasteiger partial charge >= 0.3 is 0 Å². The summed E-state index contributed by atoms with van der Waals surface area (Å²) in [6, 6.07) is 19.7. The quantitative estimate of drug-likeness (QED) is 0.277. The van der Waals surface area contributed by atoms with Crippen LogP contribution in [0.25, 0.3) is 17.1 Å². The lowest BCUT2D eigenvalue weighted by Gasteiger charge is -2.11. The Morgan fingerprint density at radius 2 is 1.79 bits per heavy atom. The van der Waals surface area contributed by atoms with Gasteiger partial charge in [0.2, 0.25) is 5.91 Å². The van der Waals surface area contributed by atoms with Crippen LogP contribution in [0, 0.1) is 0 Å². The maximum absolute atomic E-state index is 12.6. The highest BCUT2D eigenvalue weighted by molar-refractivity contribution is 7.99. The molecule has 0 fully saturated rings. The second-order valence-corrected chi connectivity index (χ2v) is 9.04. The number of aromatic nitrogens is 3. The number of halogens is 3. The van der Waals surface area contributed by atoms with Crippen LogP contribution in [-0.2, 0) is 4.79 Å². The van der Waals surface area contributed by atoms with Crippen LogP contribution in [-0.4, -0.2) is 33.5 Å². The van der Waals surface area contributed by atoms with Crippen molar-refractivity contribution in [3.05, 3.63) is 81.8 Å². The summed E-state index contributed by atoms with van der Waals surface area (Å²) in [5.41, 5.74) is 2.18. The molecule has 0 unspecified atom stereocenters. The van der Waals surface area contributed by atoms with Gasteiger partial charge in [-0.15, -0.1) is 10.2 Å². The van der Waals surface area contributed by atoms with Crippen molar-refractivity contribution in [1.29, 1.82) is 0 Å². The van der Waals surface area contributed by atoms with E-state index in [4.69, 9.17) is 39.5 Å². The number of thioether (sulfide) groups is 1. The first-order valence-corrected chi connectivity index (χ1v) is 11.8. The molecular weight excluding hydrogens is 503 g/mol. The summed E-state index contributed by atoms with van der Waals surface area (Å²) in [7, 11) is 1.53. The Balaban J connectivity index is 1.58. The molecule has 1 heterocycles. The predicted octanol–water partition coefficient (Wildman–Crippen LogP) is 6.63. The summed E-state index contributed by atoms with van der Waals surface area (Å²) in [6.45, 7) is 0. The molecule has 1 aromatic heterocycles.